The zero-order valence-electron chi connectivity index (χ0n) is 19.7. The average Bonchev–Trinajstić information content (AvgIpc) is 3.50. The molecule has 14 heteroatoms. The monoisotopic (exact) mass is 582 g/mol. The van der Waals surface area contributed by atoms with E-state index in [9.17, 15) is 40.3 Å². The van der Waals surface area contributed by atoms with Gasteiger partial charge >= 0.3 is 12.7 Å². The maximum atomic E-state index is 14.1. The standard InChI is InChI=1S/C26H14ClF7N4O2/c27-19-2-1-15(28)8-17(19)22-21-18(24(40)37-22)5-11(13-9-35-38(10-13)25(30)31)6-20(21)36-23(39)12-3-14(26(32,33)34)7-16(29)4-12/h1-10,22,25H,(H,36,39)(H,37,40). The van der Waals surface area contributed by atoms with Crippen LogP contribution >= 0.6 is 11.6 Å². The largest absolute Gasteiger partial charge is 0.416 e. The van der Waals surface area contributed by atoms with Crippen LogP contribution in [0, 0.1) is 11.6 Å². The lowest BCUT2D eigenvalue weighted by molar-refractivity contribution is -0.137. The summed E-state index contributed by atoms with van der Waals surface area (Å²) in [7, 11) is 0. The van der Waals surface area contributed by atoms with E-state index in [1.54, 1.807) is 0 Å². The van der Waals surface area contributed by atoms with Crippen LogP contribution in [0.5, 0.6) is 0 Å². The number of amides is 2. The molecule has 1 aromatic heterocycles. The van der Waals surface area contributed by atoms with E-state index in [4.69, 9.17) is 11.6 Å². The van der Waals surface area contributed by atoms with Crippen LogP contribution in [0.1, 0.15) is 50.0 Å². The fraction of sp³-hybridized carbons (Fsp3) is 0.115. The molecule has 5 rings (SSSR count). The molecule has 0 fully saturated rings. The van der Waals surface area contributed by atoms with Crippen molar-refractivity contribution < 1.29 is 40.3 Å². The SMILES string of the molecule is O=C(Nc1cc(-c2cnn(C(F)F)c2)cc2c1C(c1cc(F)ccc1Cl)NC2=O)c1cc(F)cc(C(F)(F)F)c1. The summed E-state index contributed by atoms with van der Waals surface area (Å²) in [6.07, 6.45) is -2.89. The number of hydrogen-bond acceptors (Lipinski definition) is 3. The van der Waals surface area contributed by atoms with Gasteiger partial charge in [-0.15, -0.1) is 0 Å². The highest BCUT2D eigenvalue weighted by molar-refractivity contribution is 6.31. The second kappa shape index (κ2) is 9.97. The maximum absolute atomic E-state index is 14.1. The second-order valence-corrected chi connectivity index (χ2v) is 9.13. The Morgan fingerprint density at radius 3 is 2.45 bits per heavy atom. The van der Waals surface area contributed by atoms with E-state index in [1.165, 1.54) is 18.2 Å². The molecule has 40 heavy (non-hydrogen) atoms. The Morgan fingerprint density at radius 2 is 1.77 bits per heavy atom. The number of nitrogens with one attached hydrogen (secondary N) is 2. The van der Waals surface area contributed by atoms with E-state index in [0.29, 0.717) is 16.8 Å². The van der Waals surface area contributed by atoms with E-state index in [1.807, 2.05) is 0 Å². The minimum atomic E-state index is -4.95. The van der Waals surface area contributed by atoms with Crippen molar-refractivity contribution in [3.8, 4) is 11.1 Å². The maximum Gasteiger partial charge on any atom is 0.416 e. The molecule has 0 aliphatic carbocycles. The summed E-state index contributed by atoms with van der Waals surface area (Å²) < 4.78 is 94.3. The molecular formula is C26H14ClF7N4O2. The summed E-state index contributed by atoms with van der Waals surface area (Å²) in [5, 5.41) is 8.58. The Morgan fingerprint density at radius 1 is 1.02 bits per heavy atom. The molecule has 0 spiro atoms. The number of aromatic nitrogens is 2. The molecule has 3 aromatic carbocycles. The van der Waals surface area contributed by atoms with Crippen LogP contribution in [0.3, 0.4) is 0 Å². The lowest BCUT2D eigenvalue weighted by Gasteiger charge is -2.19. The molecule has 0 saturated carbocycles. The molecule has 1 atom stereocenters. The summed E-state index contributed by atoms with van der Waals surface area (Å²) >= 11 is 6.25. The highest BCUT2D eigenvalue weighted by Gasteiger charge is 2.36. The Labute approximate surface area is 225 Å². The number of carbonyl (C=O) groups is 2. The number of halogens is 8. The summed E-state index contributed by atoms with van der Waals surface area (Å²) in [6, 6.07) is 6.11. The molecule has 1 aliphatic heterocycles. The van der Waals surface area contributed by atoms with E-state index in [-0.39, 0.29) is 44.6 Å². The van der Waals surface area contributed by atoms with Gasteiger partial charge in [-0.3, -0.25) is 9.59 Å². The van der Waals surface area contributed by atoms with Gasteiger partial charge in [0, 0.05) is 44.7 Å². The number of nitrogens with zero attached hydrogens (tertiary/aromatic N) is 2. The molecule has 0 radical (unpaired) electrons. The summed E-state index contributed by atoms with van der Waals surface area (Å²) in [5.41, 5.74) is -1.87. The molecule has 4 aromatic rings. The lowest BCUT2D eigenvalue weighted by atomic mass is 9.93. The summed E-state index contributed by atoms with van der Waals surface area (Å²) in [6.45, 7) is -2.97. The van der Waals surface area contributed by atoms with E-state index < -0.39 is 53.3 Å². The topological polar surface area (TPSA) is 76.0 Å². The zero-order chi connectivity index (χ0) is 28.9. The second-order valence-electron chi connectivity index (χ2n) is 8.72. The minimum Gasteiger partial charge on any atom is -0.341 e. The van der Waals surface area contributed by atoms with Gasteiger partial charge in [0.25, 0.3) is 11.8 Å². The van der Waals surface area contributed by atoms with Crippen molar-refractivity contribution in [1.29, 1.82) is 0 Å². The predicted octanol–water partition coefficient (Wildman–Crippen LogP) is 6.98. The minimum absolute atomic E-state index is 0.0547. The number of hydrogen-bond donors (Lipinski definition) is 2. The normalized spacial score (nSPS) is 14.8. The van der Waals surface area contributed by atoms with Gasteiger partial charge in [0.2, 0.25) is 0 Å². The third kappa shape index (κ3) is 5.11. The fourth-order valence-corrected chi connectivity index (χ4v) is 4.57. The quantitative estimate of drug-likeness (QED) is 0.249. The molecule has 1 unspecified atom stereocenters. The van der Waals surface area contributed by atoms with Gasteiger partial charge in [-0.1, -0.05) is 11.6 Å². The first kappa shape index (κ1) is 27.2. The van der Waals surface area contributed by atoms with E-state index in [2.05, 4.69) is 15.7 Å². The molecule has 2 N–H and O–H groups in total. The van der Waals surface area contributed by atoms with Gasteiger partial charge in [-0.25, -0.2) is 13.5 Å². The van der Waals surface area contributed by atoms with Crippen molar-refractivity contribution >= 4 is 29.1 Å². The Kier molecular flexibility index (Phi) is 6.78. The van der Waals surface area contributed by atoms with Gasteiger partial charge in [-0.05, 0) is 54.1 Å². The molecule has 0 bridgehead atoms. The average molecular weight is 583 g/mol. The summed E-state index contributed by atoms with van der Waals surface area (Å²) in [4.78, 5) is 26.1. The third-order valence-corrected chi connectivity index (χ3v) is 6.47. The smallest absolute Gasteiger partial charge is 0.341 e. The molecule has 2 amide bonds. The van der Waals surface area contributed by atoms with Crippen molar-refractivity contribution in [1.82, 2.24) is 15.1 Å². The van der Waals surface area contributed by atoms with Gasteiger partial charge in [0.1, 0.15) is 11.6 Å². The highest BCUT2D eigenvalue weighted by Crippen LogP contribution is 2.42. The van der Waals surface area contributed by atoms with Crippen LogP contribution in [0.15, 0.2) is 60.9 Å². The van der Waals surface area contributed by atoms with Gasteiger partial charge < -0.3 is 10.6 Å². The Bertz CT molecular complexity index is 1670. The predicted molar refractivity (Wildman–Crippen MR) is 129 cm³/mol. The first-order valence-electron chi connectivity index (χ1n) is 11.3. The van der Waals surface area contributed by atoms with Crippen molar-refractivity contribution in [3.63, 3.8) is 0 Å². The number of fused-ring (bicyclic) bond motifs is 1. The Balaban J connectivity index is 1.66. The van der Waals surface area contributed by atoms with Crippen LogP contribution in [-0.4, -0.2) is 21.6 Å². The summed E-state index contributed by atoms with van der Waals surface area (Å²) in [5.74, 6) is -3.87. The number of benzene rings is 3. The van der Waals surface area contributed by atoms with Crippen LogP contribution in [0.2, 0.25) is 5.02 Å². The van der Waals surface area contributed by atoms with E-state index in [0.717, 1.165) is 24.5 Å². The molecular weight excluding hydrogens is 569 g/mol. The Hall–Kier alpha value is -4.39. The van der Waals surface area contributed by atoms with Crippen molar-refractivity contribution in [2.45, 2.75) is 18.8 Å². The first-order valence-corrected chi connectivity index (χ1v) is 11.6. The first-order chi connectivity index (χ1) is 18.8. The number of anilines is 1. The van der Waals surface area contributed by atoms with Crippen molar-refractivity contribution in [2.75, 3.05) is 5.32 Å². The van der Waals surface area contributed by atoms with Crippen molar-refractivity contribution in [3.05, 3.63) is 105 Å². The van der Waals surface area contributed by atoms with Gasteiger partial charge in [0.15, 0.2) is 0 Å². The van der Waals surface area contributed by atoms with Crippen LogP contribution in [0.4, 0.5) is 36.4 Å². The van der Waals surface area contributed by atoms with Crippen LogP contribution in [-0.2, 0) is 6.18 Å². The van der Waals surface area contributed by atoms with Crippen LogP contribution < -0.4 is 10.6 Å². The van der Waals surface area contributed by atoms with Gasteiger partial charge in [0.05, 0.1) is 17.8 Å². The zero-order valence-corrected chi connectivity index (χ0v) is 20.4. The third-order valence-electron chi connectivity index (χ3n) is 6.13. The molecule has 6 nitrogen and oxygen atoms in total. The lowest BCUT2D eigenvalue weighted by Crippen LogP contribution is -2.21. The molecule has 1 aliphatic rings. The molecule has 2 heterocycles. The molecule has 0 saturated heterocycles. The number of alkyl halides is 5. The van der Waals surface area contributed by atoms with Gasteiger partial charge in [-0.2, -0.15) is 27.1 Å². The number of carbonyl (C=O) groups excluding carboxylic acids is 2. The van der Waals surface area contributed by atoms with Crippen molar-refractivity contribution in [2.24, 2.45) is 0 Å². The fourth-order valence-electron chi connectivity index (χ4n) is 4.35. The van der Waals surface area contributed by atoms with Crippen LogP contribution in [0.25, 0.3) is 11.1 Å². The highest BCUT2D eigenvalue weighted by atomic mass is 35.5. The molecule has 206 valence electrons. The van der Waals surface area contributed by atoms with E-state index >= 15 is 0 Å². The number of rotatable bonds is 5.